The van der Waals surface area contributed by atoms with Crippen LogP contribution in [0.5, 0.6) is 0 Å². The van der Waals surface area contributed by atoms with Crippen molar-refractivity contribution >= 4 is 7.60 Å². The summed E-state index contributed by atoms with van der Waals surface area (Å²) in [6, 6.07) is 0. The van der Waals surface area contributed by atoms with E-state index in [0.29, 0.717) is 13.2 Å². The lowest BCUT2D eigenvalue weighted by atomic mass is 10.5. The fourth-order valence-corrected chi connectivity index (χ4v) is 2.98. The summed E-state index contributed by atoms with van der Waals surface area (Å²) in [7, 11) is -3.14. The fraction of sp³-hybridized carbons (Fsp3) is 1.00. The molecular weight excluding hydrogens is 195 g/mol. The highest BCUT2D eigenvalue weighted by atomic mass is 31.2. The van der Waals surface area contributed by atoms with Gasteiger partial charge < -0.3 is 18.9 Å². The Labute approximate surface area is 77.5 Å². The molecule has 0 amide bonds. The number of hydrogen-bond donors (Lipinski definition) is 1. The van der Waals surface area contributed by atoms with Crippen LogP contribution >= 0.6 is 7.60 Å². The molecule has 1 aliphatic rings. The van der Waals surface area contributed by atoms with Gasteiger partial charge in [0.2, 0.25) is 0 Å². The van der Waals surface area contributed by atoms with Crippen molar-refractivity contribution in [2.45, 2.75) is 25.8 Å². The van der Waals surface area contributed by atoms with Gasteiger partial charge in [-0.25, -0.2) is 0 Å². The van der Waals surface area contributed by atoms with Crippen LogP contribution in [0.3, 0.4) is 0 Å². The molecule has 0 unspecified atom stereocenters. The lowest BCUT2D eigenvalue weighted by Crippen LogP contribution is -2.06. The Hall–Kier alpha value is 0.0700. The minimum atomic E-state index is -3.14. The van der Waals surface area contributed by atoms with Gasteiger partial charge in [0.05, 0.1) is 19.8 Å². The molecule has 6 heteroatoms. The number of aliphatic hydroxyl groups excluding tert-OH is 1. The summed E-state index contributed by atoms with van der Waals surface area (Å²) in [6.07, 6.45) is -0.385. The van der Waals surface area contributed by atoms with Crippen LogP contribution < -0.4 is 0 Å². The molecule has 0 spiro atoms. The van der Waals surface area contributed by atoms with E-state index in [1.807, 2.05) is 0 Å². The number of rotatable bonds is 6. The summed E-state index contributed by atoms with van der Waals surface area (Å²) in [5, 5.41) is 8.72. The second-order valence-electron chi connectivity index (χ2n) is 2.62. The van der Waals surface area contributed by atoms with E-state index in [-0.39, 0.29) is 12.7 Å². The molecule has 0 aliphatic carbocycles. The molecular formula is C7H15O5P. The van der Waals surface area contributed by atoms with E-state index < -0.39 is 13.4 Å². The van der Waals surface area contributed by atoms with Crippen molar-refractivity contribution < 1.29 is 23.5 Å². The van der Waals surface area contributed by atoms with Crippen molar-refractivity contribution in [3.63, 3.8) is 0 Å². The zero-order valence-electron chi connectivity index (χ0n) is 7.80. The number of aliphatic hydroxyl groups is 1. The Balaban J connectivity index is 2.53. The molecule has 1 heterocycles. The smallest absolute Gasteiger partial charge is 0.361 e. The summed E-state index contributed by atoms with van der Waals surface area (Å²) in [6.45, 7) is 3.96. The van der Waals surface area contributed by atoms with Crippen LogP contribution in [0.25, 0.3) is 0 Å². The molecule has 1 aliphatic heterocycles. The molecule has 1 saturated heterocycles. The van der Waals surface area contributed by atoms with Crippen molar-refractivity contribution in [3.05, 3.63) is 0 Å². The van der Waals surface area contributed by atoms with Gasteiger partial charge in [-0.3, -0.25) is 4.57 Å². The topological polar surface area (TPSA) is 68.3 Å². The van der Waals surface area contributed by atoms with Gasteiger partial charge in [-0.2, -0.15) is 0 Å². The highest BCUT2D eigenvalue weighted by Gasteiger charge is 2.54. The van der Waals surface area contributed by atoms with Gasteiger partial charge in [-0.05, 0) is 13.8 Å². The quantitative estimate of drug-likeness (QED) is 0.522. The molecule has 0 bridgehead atoms. The first-order chi connectivity index (χ1) is 6.18. The highest BCUT2D eigenvalue weighted by Crippen LogP contribution is 2.61. The predicted molar refractivity (Wildman–Crippen MR) is 46.6 cm³/mol. The standard InChI is InChI=1S/C7H15O5P/c1-3-10-13(9,11-4-2)7-6(5-8)12-7/h6-8H,3-5H2,1-2H3/t6-,7+/m1/s1. The average Bonchev–Trinajstić information content (AvgIpc) is 2.84. The Morgan fingerprint density at radius 1 is 1.38 bits per heavy atom. The monoisotopic (exact) mass is 210 g/mol. The van der Waals surface area contributed by atoms with Gasteiger partial charge in [0.25, 0.3) is 0 Å². The zero-order valence-corrected chi connectivity index (χ0v) is 8.70. The Morgan fingerprint density at radius 3 is 2.23 bits per heavy atom. The van der Waals surface area contributed by atoms with Crippen LogP contribution in [-0.2, 0) is 18.3 Å². The number of ether oxygens (including phenoxy) is 1. The van der Waals surface area contributed by atoms with Crippen molar-refractivity contribution in [3.8, 4) is 0 Å². The molecule has 1 fully saturated rings. The van der Waals surface area contributed by atoms with Gasteiger partial charge in [0.15, 0.2) is 5.85 Å². The summed E-state index contributed by atoms with van der Waals surface area (Å²) in [4.78, 5) is 0. The van der Waals surface area contributed by atoms with E-state index >= 15 is 0 Å². The largest absolute Gasteiger partial charge is 0.394 e. The molecule has 0 aromatic rings. The van der Waals surface area contributed by atoms with E-state index in [1.165, 1.54) is 0 Å². The molecule has 2 atom stereocenters. The average molecular weight is 210 g/mol. The molecule has 0 radical (unpaired) electrons. The van der Waals surface area contributed by atoms with Gasteiger partial charge in [-0.1, -0.05) is 0 Å². The fourth-order valence-electron chi connectivity index (χ4n) is 1.09. The van der Waals surface area contributed by atoms with Crippen LogP contribution in [0, 0.1) is 0 Å². The van der Waals surface area contributed by atoms with E-state index in [2.05, 4.69) is 0 Å². The normalized spacial score (nSPS) is 27.6. The Morgan fingerprint density at radius 2 is 1.92 bits per heavy atom. The van der Waals surface area contributed by atoms with Crippen LogP contribution in [0.15, 0.2) is 0 Å². The minimum absolute atomic E-state index is 0.144. The van der Waals surface area contributed by atoms with E-state index in [1.54, 1.807) is 13.8 Å². The van der Waals surface area contributed by atoms with Crippen LogP contribution in [0.2, 0.25) is 0 Å². The third kappa shape index (κ3) is 2.51. The first-order valence-electron chi connectivity index (χ1n) is 4.33. The van der Waals surface area contributed by atoms with E-state index in [9.17, 15) is 4.57 Å². The van der Waals surface area contributed by atoms with Crippen LogP contribution in [0.1, 0.15) is 13.8 Å². The second-order valence-corrected chi connectivity index (χ2v) is 4.73. The third-order valence-electron chi connectivity index (χ3n) is 1.67. The van der Waals surface area contributed by atoms with E-state index in [4.69, 9.17) is 18.9 Å². The van der Waals surface area contributed by atoms with Gasteiger partial charge in [-0.15, -0.1) is 0 Å². The molecule has 5 nitrogen and oxygen atoms in total. The van der Waals surface area contributed by atoms with Gasteiger partial charge in [0, 0.05) is 0 Å². The van der Waals surface area contributed by atoms with Crippen LogP contribution in [0.4, 0.5) is 0 Å². The maximum atomic E-state index is 11.9. The molecule has 1 rings (SSSR count). The first kappa shape index (κ1) is 11.1. The lowest BCUT2D eigenvalue weighted by Gasteiger charge is -2.14. The van der Waals surface area contributed by atoms with E-state index in [0.717, 1.165) is 0 Å². The van der Waals surface area contributed by atoms with Crippen molar-refractivity contribution in [2.24, 2.45) is 0 Å². The predicted octanol–water partition coefficient (Wildman–Crippen LogP) is 0.970. The Kier molecular flexibility index (Phi) is 3.88. The number of hydrogen-bond acceptors (Lipinski definition) is 5. The Bertz CT molecular complexity index is 197. The summed E-state index contributed by atoms with van der Waals surface area (Å²) < 4.78 is 26.9. The molecule has 78 valence electrons. The molecule has 13 heavy (non-hydrogen) atoms. The molecule has 0 saturated carbocycles. The second kappa shape index (κ2) is 4.53. The first-order valence-corrected chi connectivity index (χ1v) is 5.94. The summed E-state index contributed by atoms with van der Waals surface area (Å²) in [5.41, 5.74) is 0. The SMILES string of the molecule is CCOP(=O)(OCC)[C@@H]1O[C@@H]1CO. The maximum Gasteiger partial charge on any atom is 0.361 e. The zero-order chi connectivity index (χ0) is 9.90. The minimum Gasteiger partial charge on any atom is -0.394 e. The molecule has 0 aromatic heterocycles. The number of epoxide rings is 1. The van der Waals surface area contributed by atoms with Crippen LogP contribution in [-0.4, -0.2) is 36.9 Å². The van der Waals surface area contributed by atoms with Crippen molar-refractivity contribution in [2.75, 3.05) is 19.8 Å². The third-order valence-corrected chi connectivity index (χ3v) is 3.98. The molecule has 0 aromatic carbocycles. The summed E-state index contributed by atoms with van der Waals surface area (Å²) in [5.74, 6) is -0.572. The van der Waals surface area contributed by atoms with Gasteiger partial charge in [0.1, 0.15) is 6.10 Å². The van der Waals surface area contributed by atoms with Crippen molar-refractivity contribution in [1.82, 2.24) is 0 Å². The van der Waals surface area contributed by atoms with Gasteiger partial charge >= 0.3 is 7.60 Å². The lowest BCUT2D eigenvalue weighted by molar-refractivity contribution is 0.207. The maximum absolute atomic E-state index is 11.9. The summed E-state index contributed by atoms with van der Waals surface area (Å²) >= 11 is 0. The van der Waals surface area contributed by atoms with Crippen molar-refractivity contribution in [1.29, 1.82) is 0 Å². The highest BCUT2D eigenvalue weighted by molar-refractivity contribution is 7.54. The molecule has 1 N–H and O–H groups in total.